The molecule has 0 heteroatoms. The lowest BCUT2D eigenvalue weighted by atomic mass is 9.76. The molecule has 0 N–H and O–H groups in total. The monoisotopic (exact) mass is 358 g/mol. The average molecular weight is 358 g/mol. The number of rotatable bonds is 1. The summed E-state index contributed by atoms with van der Waals surface area (Å²) in [5.74, 6) is 0.491. The molecule has 0 heterocycles. The normalized spacial score (nSPS) is 16.5. The third kappa shape index (κ3) is 2.31. The third-order valence-corrected chi connectivity index (χ3v) is 6.57. The van der Waals surface area contributed by atoms with Crippen molar-refractivity contribution in [1.29, 1.82) is 0 Å². The Morgan fingerprint density at radius 3 is 2.11 bits per heavy atom. The summed E-state index contributed by atoms with van der Waals surface area (Å²) in [6.45, 7) is 0. The van der Waals surface area contributed by atoms with Crippen LogP contribution in [0.1, 0.15) is 35.4 Å². The van der Waals surface area contributed by atoms with E-state index in [4.69, 9.17) is 0 Å². The molecule has 0 aliphatic heterocycles. The second-order valence-electron chi connectivity index (χ2n) is 8.03. The Morgan fingerprint density at radius 1 is 0.500 bits per heavy atom. The molecule has 28 heavy (non-hydrogen) atoms. The van der Waals surface area contributed by atoms with Crippen LogP contribution < -0.4 is 0 Å². The zero-order valence-corrected chi connectivity index (χ0v) is 15.9. The second kappa shape index (κ2) is 6.21. The standard InChI is InChI=1S/C28H22/c1-3-10-21-19(7-1)9-5-12-23(21)24-13-6-14-25-27-16-15-20-8-2-4-11-22(20)26(27)17-18-28(24)25/h1-5,7-12,15-18,24H,6,13-14H2/t24-/m1/s1. The summed E-state index contributed by atoms with van der Waals surface area (Å²) in [7, 11) is 0. The van der Waals surface area contributed by atoms with Crippen molar-refractivity contribution in [3.8, 4) is 0 Å². The van der Waals surface area contributed by atoms with Crippen molar-refractivity contribution in [3.63, 3.8) is 0 Å². The smallest absolute Gasteiger partial charge is 0.00985 e. The van der Waals surface area contributed by atoms with E-state index in [2.05, 4.69) is 91.0 Å². The van der Waals surface area contributed by atoms with Gasteiger partial charge in [-0.3, -0.25) is 0 Å². The van der Waals surface area contributed by atoms with Crippen LogP contribution >= 0.6 is 0 Å². The quantitative estimate of drug-likeness (QED) is 0.270. The fourth-order valence-corrected chi connectivity index (χ4v) is 5.29. The van der Waals surface area contributed by atoms with Crippen LogP contribution in [0.15, 0.2) is 91.0 Å². The summed E-state index contributed by atoms with van der Waals surface area (Å²) in [5, 5.41) is 8.29. The minimum absolute atomic E-state index is 0.491. The van der Waals surface area contributed by atoms with Gasteiger partial charge in [0.25, 0.3) is 0 Å². The van der Waals surface area contributed by atoms with Gasteiger partial charge in [-0.1, -0.05) is 91.0 Å². The van der Waals surface area contributed by atoms with Gasteiger partial charge in [-0.05, 0) is 68.3 Å². The average Bonchev–Trinajstić information content (AvgIpc) is 2.78. The van der Waals surface area contributed by atoms with Crippen molar-refractivity contribution in [2.75, 3.05) is 0 Å². The van der Waals surface area contributed by atoms with Gasteiger partial charge in [-0.15, -0.1) is 0 Å². The molecule has 0 aromatic heterocycles. The second-order valence-corrected chi connectivity index (χ2v) is 8.03. The van der Waals surface area contributed by atoms with Crippen LogP contribution in [0.25, 0.3) is 32.3 Å². The summed E-state index contributed by atoms with van der Waals surface area (Å²) >= 11 is 0. The first-order valence-corrected chi connectivity index (χ1v) is 10.3. The summed E-state index contributed by atoms with van der Waals surface area (Å²) < 4.78 is 0. The maximum Gasteiger partial charge on any atom is 0.00985 e. The van der Waals surface area contributed by atoms with Crippen LogP contribution in [0.4, 0.5) is 0 Å². The van der Waals surface area contributed by atoms with Crippen LogP contribution in [0.2, 0.25) is 0 Å². The third-order valence-electron chi connectivity index (χ3n) is 6.57. The van der Waals surface area contributed by atoms with Gasteiger partial charge in [0.2, 0.25) is 0 Å². The molecule has 5 aromatic carbocycles. The van der Waals surface area contributed by atoms with E-state index < -0.39 is 0 Å². The molecule has 1 atom stereocenters. The number of fused-ring (bicyclic) bond motifs is 6. The molecule has 0 bridgehead atoms. The lowest BCUT2D eigenvalue weighted by Gasteiger charge is -2.28. The van der Waals surface area contributed by atoms with E-state index >= 15 is 0 Å². The minimum atomic E-state index is 0.491. The van der Waals surface area contributed by atoms with Crippen molar-refractivity contribution in [2.24, 2.45) is 0 Å². The fourth-order valence-electron chi connectivity index (χ4n) is 5.29. The fraction of sp³-hybridized carbons (Fsp3) is 0.143. The Hall–Kier alpha value is -3.12. The maximum absolute atomic E-state index is 2.41. The summed E-state index contributed by atoms with van der Waals surface area (Å²) in [4.78, 5) is 0. The zero-order valence-electron chi connectivity index (χ0n) is 15.9. The van der Waals surface area contributed by atoms with Gasteiger partial charge in [0.15, 0.2) is 0 Å². The van der Waals surface area contributed by atoms with Crippen molar-refractivity contribution < 1.29 is 0 Å². The predicted molar refractivity (Wildman–Crippen MR) is 120 cm³/mol. The van der Waals surface area contributed by atoms with Crippen LogP contribution in [0, 0.1) is 0 Å². The van der Waals surface area contributed by atoms with Gasteiger partial charge < -0.3 is 0 Å². The molecule has 5 aromatic rings. The van der Waals surface area contributed by atoms with Crippen LogP contribution in [-0.4, -0.2) is 0 Å². The van der Waals surface area contributed by atoms with Gasteiger partial charge in [0.05, 0.1) is 0 Å². The molecule has 0 spiro atoms. The molecule has 0 saturated carbocycles. The van der Waals surface area contributed by atoms with E-state index in [1.165, 1.54) is 62.7 Å². The van der Waals surface area contributed by atoms with E-state index in [-0.39, 0.29) is 0 Å². The van der Waals surface area contributed by atoms with E-state index in [1.807, 2.05) is 0 Å². The molecule has 0 fully saturated rings. The van der Waals surface area contributed by atoms with Crippen LogP contribution in [-0.2, 0) is 6.42 Å². The van der Waals surface area contributed by atoms with Crippen molar-refractivity contribution in [1.82, 2.24) is 0 Å². The number of hydrogen-bond donors (Lipinski definition) is 0. The number of hydrogen-bond acceptors (Lipinski definition) is 0. The molecular formula is C28H22. The van der Waals surface area contributed by atoms with Crippen LogP contribution in [0.5, 0.6) is 0 Å². The van der Waals surface area contributed by atoms with Gasteiger partial charge in [-0.25, -0.2) is 0 Å². The lowest BCUT2D eigenvalue weighted by molar-refractivity contribution is 0.622. The molecule has 0 unspecified atom stereocenters. The molecule has 0 saturated heterocycles. The molecule has 134 valence electrons. The van der Waals surface area contributed by atoms with E-state index in [0.29, 0.717) is 5.92 Å². The minimum Gasteiger partial charge on any atom is -0.0616 e. The molecular weight excluding hydrogens is 336 g/mol. The highest BCUT2D eigenvalue weighted by molar-refractivity contribution is 6.08. The Morgan fingerprint density at radius 2 is 1.21 bits per heavy atom. The van der Waals surface area contributed by atoms with Crippen molar-refractivity contribution in [2.45, 2.75) is 25.2 Å². The van der Waals surface area contributed by atoms with Gasteiger partial charge in [-0.2, -0.15) is 0 Å². The van der Waals surface area contributed by atoms with Crippen molar-refractivity contribution >= 4 is 32.3 Å². The molecule has 6 rings (SSSR count). The molecule has 1 aliphatic carbocycles. The molecule has 1 aliphatic rings. The molecule has 0 radical (unpaired) electrons. The first-order valence-electron chi connectivity index (χ1n) is 10.3. The number of benzene rings is 5. The van der Waals surface area contributed by atoms with E-state index in [9.17, 15) is 0 Å². The maximum atomic E-state index is 2.41. The zero-order chi connectivity index (χ0) is 18.5. The Balaban J connectivity index is 1.61. The largest absolute Gasteiger partial charge is 0.0616 e. The summed E-state index contributed by atoms with van der Waals surface area (Å²) in [6, 6.07) is 33.8. The highest BCUT2D eigenvalue weighted by atomic mass is 14.3. The predicted octanol–water partition coefficient (Wildman–Crippen LogP) is 7.61. The Kier molecular flexibility index (Phi) is 3.52. The lowest BCUT2D eigenvalue weighted by Crippen LogP contribution is -2.12. The van der Waals surface area contributed by atoms with Crippen LogP contribution in [0.3, 0.4) is 0 Å². The first-order chi connectivity index (χ1) is 13.9. The number of aryl methyl sites for hydroxylation is 1. The van der Waals surface area contributed by atoms with Gasteiger partial charge in [0, 0.05) is 5.92 Å². The topological polar surface area (TPSA) is 0 Å². The SMILES string of the molecule is c1ccc2c([C@H]3CCCc4c3ccc3c4ccc4ccccc43)cccc2c1. The Labute approximate surface area is 165 Å². The summed E-state index contributed by atoms with van der Waals surface area (Å²) in [6.07, 6.45) is 3.68. The Bertz CT molecular complexity index is 1340. The van der Waals surface area contributed by atoms with Gasteiger partial charge in [0.1, 0.15) is 0 Å². The summed E-state index contributed by atoms with van der Waals surface area (Å²) in [5.41, 5.74) is 4.58. The highest BCUT2D eigenvalue weighted by Gasteiger charge is 2.24. The molecule has 0 nitrogen and oxygen atoms in total. The first kappa shape index (κ1) is 15.9. The van der Waals surface area contributed by atoms with Gasteiger partial charge >= 0.3 is 0 Å². The van der Waals surface area contributed by atoms with E-state index in [1.54, 1.807) is 5.56 Å². The van der Waals surface area contributed by atoms with Crippen molar-refractivity contribution in [3.05, 3.63) is 108 Å². The highest BCUT2D eigenvalue weighted by Crippen LogP contribution is 2.42. The molecule has 0 amide bonds. The van der Waals surface area contributed by atoms with E-state index in [0.717, 1.165) is 0 Å².